The average molecular weight is 525 g/mol. The Hall–Kier alpha value is -2.86. The maximum atomic E-state index is 12.5. The third-order valence-corrected chi connectivity index (χ3v) is 9.93. The number of phenolic OH excluding ortho intramolecular Hbond substituents is 1. The Morgan fingerprint density at radius 3 is 2.33 bits per heavy atom. The molecule has 0 amide bonds. The van der Waals surface area contributed by atoms with Gasteiger partial charge in [0.2, 0.25) is 0 Å². The second-order valence-corrected chi connectivity index (χ2v) is 12.4. The first-order valence-corrected chi connectivity index (χ1v) is 14.9. The zero-order valence-corrected chi connectivity index (χ0v) is 22.6. The fraction of sp³-hybridized carbons (Fsp3) is 0.471. The lowest BCUT2D eigenvalue weighted by molar-refractivity contribution is -0.176. The number of fused-ring (bicyclic) bond motifs is 2. The SMILES string of the molecule is Oc1ccc2cc1O[C@@H]1C3CCN(CC4CC4)[C@H](C2)[C@]3(O)CC[C@H]1NCC(c1ccccc1)c1ccccc1. The fourth-order valence-corrected chi connectivity index (χ4v) is 7.66. The number of likely N-dealkylation sites (tertiary alicyclic amines) is 1. The van der Waals surface area contributed by atoms with Crippen molar-refractivity contribution in [1.82, 2.24) is 10.2 Å². The van der Waals surface area contributed by atoms with Gasteiger partial charge in [0, 0.05) is 37.0 Å². The summed E-state index contributed by atoms with van der Waals surface area (Å²) >= 11 is 0. The highest BCUT2D eigenvalue weighted by molar-refractivity contribution is 5.43. The summed E-state index contributed by atoms with van der Waals surface area (Å²) < 4.78 is 6.72. The van der Waals surface area contributed by atoms with E-state index in [1.165, 1.54) is 24.0 Å². The molecule has 3 aromatic carbocycles. The van der Waals surface area contributed by atoms with E-state index >= 15 is 0 Å². The minimum atomic E-state index is -0.795. The Labute approximate surface area is 231 Å². The van der Waals surface area contributed by atoms with Gasteiger partial charge in [0.05, 0.1) is 5.60 Å². The van der Waals surface area contributed by atoms with Crippen molar-refractivity contribution in [1.29, 1.82) is 0 Å². The molecule has 2 saturated carbocycles. The molecule has 2 aliphatic carbocycles. The van der Waals surface area contributed by atoms with Crippen LogP contribution in [0.25, 0.3) is 0 Å². The van der Waals surface area contributed by atoms with Gasteiger partial charge in [0.25, 0.3) is 0 Å². The molecule has 0 spiro atoms. The summed E-state index contributed by atoms with van der Waals surface area (Å²) in [5.74, 6) is 1.76. The van der Waals surface area contributed by atoms with E-state index in [4.69, 9.17) is 4.74 Å². The van der Waals surface area contributed by atoms with Crippen LogP contribution < -0.4 is 10.1 Å². The molecule has 2 heterocycles. The average Bonchev–Trinajstić information content (AvgIpc) is 3.78. The zero-order chi connectivity index (χ0) is 26.4. The van der Waals surface area contributed by atoms with E-state index in [9.17, 15) is 10.2 Å². The number of rotatable bonds is 7. The number of piperidine rings is 1. The molecule has 7 rings (SSSR count). The maximum absolute atomic E-state index is 12.5. The number of aliphatic hydroxyl groups is 1. The smallest absolute Gasteiger partial charge is 0.161 e. The normalized spacial score (nSPS) is 30.2. The monoisotopic (exact) mass is 524 g/mol. The van der Waals surface area contributed by atoms with Gasteiger partial charge >= 0.3 is 0 Å². The van der Waals surface area contributed by atoms with E-state index in [-0.39, 0.29) is 35.8 Å². The summed E-state index contributed by atoms with van der Waals surface area (Å²) in [4.78, 5) is 2.58. The van der Waals surface area contributed by atoms with E-state index < -0.39 is 5.60 Å². The lowest BCUT2D eigenvalue weighted by Gasteiger charge is -2.57. The lowest BCUT2D eigenvalue weighted by atomic mass is 9.63. The number of hydrogen-bond acceptors (Lipinski definition) is 5. The van der Waals surface area contributed by atoms with E-state index in [2.05, 4.69) is 70.9 Å². The minimum absolute atomic E-state index is 0.0183. The highest BCUT2D eigenvalue weighted by Crippen LogP contribution is 2.49. The van der Waals surface area contributed by atoms with E-state index in [1.807, 2.05) is 12.1 Å². The highest BCUT2D eigenvalue weighted by Gasteiger charge is 2.57. The topological polar surface area (TPSA) is 65.0 Å². The van der Waals surface area contributed by atoms with Gasteiger partial charge in [0.1, 0.15) is 6.10 Å². The molecule has 5 heteroatoms. The molecule has 2 aliphatic heterocycles. The van der Waals surface area contributed by atoms with E-state index in [0.717, 1.165) is 56.8 Å². The second kappa shape index (κ2) is 10.3. The van der Waals surface area contributed by atoms with Crippen LogP contribution >= 0.6 is 0 Å². The first kappa shape index (κ1) is 25.1. The Morgan fingerprint density at radius 2 is 1.64 bits per heavy atom. The Bertz CT molecular complexity index is 1240. The highest BCUT2D eigenvalue weighted by atomic mass is 16.5. The van der Waals surface area contributed by atoms with Gasteiger partial charge in [-0.05, 0) is 79.8 Å². The van der Waals surface area contributed by atoms with Crippen molar-refractivity contribution in [3.63, 3.8) is 0 Å². The maximum Gasteiger partial charge on any atom is 0.161 e. The molecule has 3 N–H and O–H groups in total. The summed E-state index contributed by atoms with van der Waals surface area (Å²) in [5.41, 5.74) is 2.92. The van der Waals surface area contributed by atoms with Gasteiger partial charge in [-0.3, -0.25) is 4.90 Å². The van der Waals surface area contributed by atoms with Crippen LogP contribution in [0.2, 0.25) is 0 Å². The summed E-state index contributed by atoms with van der Waals surface area (Å²) in [6.45, 7) is 2.88. The Balaban J connectivity index is 1.20. The van der Waals surface area contributed by atoms with Gasteiger partial charge in [-0.1, -0.05) is 66.7 Å². The first-order valence-electron chi connectivity index (χ1n) is 14.9. The van der Waals surface area contributed by atoms with Crippen LogP contribution in [0.15, 0.2) is 78.9 Å². The van der Waals surface area contributed by atoms with Crippen molar-refractivity contribution in [3.8, 4) is 11.5 Å². The number of aromatic hydroxyl groups is 1. The molecular formula is C34H40N2O3. The molecule has 5 nitrogen and oxygen atoms in total. The number of nitrogens with zero attached hydrogens (tertiary/aromatic N) is 1. The van der Waals surface area contributed by atoms with Gasteiger partial charge in [-0.25, -0.2) is 0 Å². The third-order valence-electron chi connectivity index (χ3n) is 9.93. The molecule has 1 saturated heterocycles. The van der Waals surface area contributed by atoms with Crippen molar-refractivity contribution in [2.75, 3.05) is 19.6 Å². The van der Waals surface area contributed by atoms with E-state index in [1.54, 1.807) is 6.07 Å². The summed E-state index contributed by atoms with van der Waals surface area (Å²) in [6.07, 6.45) is 5.75. The third kappa shape index (κ3) is 4.86. The van der Waals surface area contributed by atoms with Crippen LogP contribution in [0.1, 0.15) is 54.7 Å². The molecule has 3 fully saturated rings. The first-order chi connectivity index (χ1) is 19.1. The van der Waals surface area contributed by atoms with Crippen molar-refractivity contribution >= 4 is 0 Å². The predicted octanol–water partition coefficient (Wildman–Crippen LogP) is 5.11. The summed E-state index contributed by atoms with van der Waals surface area (Å²) in [6, 6.07) is 27.4. The Morgan fingerprint density at radius 1 is 0.923 bits per heavy atom. The van der Waals surface area contributed by atoms with Crippen LogP contribution in [0.5, 0.6) is 11.5 Å². The zero-order valence-electron chi connectivity index (χ0n) is 22.6. The summed E-state index contributed by atoms with van der Waals surface area (Å²) in [7, 11) is 0. The second-order valence-electron chi connectivity index (χ2n) is 12.4. The van der Waals surface area contributed by atoms with Crippen LogP contribution in [-0.4, -0.2) is 58.5 Å². The molecule has 204 valence electrons. The molecule has 1 unspecified atom stereocenters. The van der Waals surface area contributed by atoms with Crippen molar-refractivity contribution < 1.29 is 14.9 Å². The molecular weight excluding hydrogens is 484 g/mol. The molecule has 39 heavy (non-hydrogen) atoms. The number of ether oxygens (including phenoxy) is 1. The number of benzene rings is 3. The van der Waals surface area contributed by atoms with Gasteiger partial charge in [-0.15, -0.1) is 0 Å². The molecule has 4 aliphatic rings. The van der Waals surface area contributed by atoms with Crippen LogP contribution in [0, 0.1) is 11.8 Å². The fourth-order valence-electron chi connectivity index (χ4n) is 7.66. The largest absolute Gasteiger partial charge is 0.504 e. The molecule has 0 radical (unpaired) electrons. The Kier molecular flexibility index (Phi) is 6.62. The van der Waals surface area contributed by atoms with Crippen molar-refractivity contribution in [3.05, 3.63) is 95.6 Å². The number of nitrogens with one attached hydrogen (secondary N) is 1. The van der Waals surface area contributed by atoms with Crippen molar-refractivity contribution in [2.24, 2.45) is 11.8 Å². The quantitative estimate of drug-likeness (QED) is 0.401. The van der Waals surface area contributed by atoms with Gasteiger partial charge in [-0.2, -0.15) is 0 Å². The predicted molar refractivity (Wildman–Crippen MR) is 153 cm³/mol. The van der Waals surface area contributed by atoms with Crippen LogP contribution in [-0.2, 0) is 6.42 Å². The molecule has 5 atom stereocenters. The molecule has 6 bridgehead atoms. The number of hydrogen-bond donors (Lipinski definition) is 3. The summed E-state index contributed by atoms with van der Waals surface area (Å²) in [5, 5.41) is 27.1. The van der Waals surface area contributed by atoms with Crippen molar-refractivity contribution in [2.45, 2.75) is 68.2 Å². The van der Waals surface area contributed by atoms with Crippen LogP contribution in [0.3, 0.4) is 0 Å². The lowest BCUT2D eigenvalue weighted by Crippen LogP contribution is -2.70. The van der Waals surface area contributed by atoms with E-state index in [0.29, 0.717) is 5.75 Å². The standard InChI is InChI=1S/C34H40N2O3/c37-30-14-13-24-19-31(30)39-33-28-16-18-36(22-23-11-12-23)32(20-24)34(28,38)17-15-29(33)35-21-27(25-7-3-1-4-8-25)26-9-5-2-6-10-26/h1-10,13-14,19,23,27-29,32-33,35,37-38H,11-12,15-18,20-22H2/t28?,29-,32-,33-,34+/m1/s1. The van der Waals surface area contributed by atoms with Crippen LogP contribution in [0.4, 0.5) is 0 Å². The molecule has 3 aromatic rings. The molecule has 0 aromatic heterocycles. The van der Waals surface area contributed by atoms with Gasteiger partial charge < -0.3 is 20.3 Å². The van der Waals surface area contributed by atoms with Gasteiger partial charge in [0.15, 0.2) is 11.5 Å². The minimum Gasteiger partial charge on any atom is -0.504 e. The number of phenols is 1.